The van der Waals surface area contributed by atoms with Crippen LogP contribution in [-0.2, 0) is 0 Å². The minimum absolute atomic E-state index is 1.24. The first-order valence-corrected chi connectivity index (χ1v) is 4.11. The average Bonchev–Trinajstić information content (AvgIpc) is 2.17. The van der Waals surface area contributed by atoms with Gasteiger partial charge in [0.2, 0.25) is 0 Å². The van der Waals surface area contributed by atoms with E-state index >= 15 is 0 Å². The molecule has 0 N–H and O–H groups in total. The molecule has 0 saturated carbocycles. The fourth-order valence-electron chi connectivity index (χ4n) is 1.07. The second-order valence-corrected chi connectivity index (χ2v) is 2.88. The highest BCUT2D eigenvalue weighted by Crippen LogP contribution is 2.17. The predicted molar refractivity (Wildman–Crippen MR) is 54.9 cm³/mol. The van der Waals surface area contributed by atoms with E-state index in [1.807, 2.05) is 12.1 Å². The Morgan fingerprint density at radius 2 is 1.75 bits per heavy atom. The van der Waals surface area contributed by atoms with Crippen LogP contribution in [0.2, 0.25) is 0 Å². The van der Waals surface area contributed by atoms with Crippen molar-refractivity contribution in [2.75, 3.05) is 0 Å². The lowest BCUT2D eigenvalue weighted by atomic mass is 10.0. The summed E-state index contributed by atoms with van der Waals surface area (Å²) in [6, 6.07) is 10.4. The molecule has 0 bridgehead atoms. The number of benzene rings is 1. The van der Waals surface area contributed by atoms with Gasteiger partial charge in [-0.3, -0.25) is 0 Å². The molecule has 0 radical (unpaired) electrons. The Morgan fingerprint density at radius 3 is 2.25 bits per heavy atom. The quantitative estimate of drug-likeness (QED) is 0.576. The molecule has 0 fully saturated rings. The van der Waals surface area contributed by atoms with E-state index in [0.717, 1.165) is 0 Å². The Morgan fingerprint density at radius 1 is 1.17 bits per heavy atom. The van der Waals surface area contributed by atoms with Crippen LogP contribution in [0.5, 0.6) is 0 Å². The van der Waals surface area contributed by atoms with Crippen LogP contribution < -0.4 is 0 Å². The zero-order chi connectivity index (χ0) is 8.97. The molecule has 0 unspecified atom stereocenters. The van der Waals surface area contributed by atoms with E-state index in [4.69, 9.17) is 0 Å². The molecule has 0 nitrogen and oxygen atoms in total. The average molecular weight is 158 g/mol. The Labute approximate surface area is 74.2 Å². The van der Waals surface area contributed by atoms with Gasteiger partial charge < -0.3 is 0 Å². The first kappa shape index (κ1) is 8.79. The maximum absolute atomic E-state index is 3.75. The zero-order valence-corrected chi connectivity index (χ0v) is 7.67. The monoisotopic (exact) mass is 158 g/mol. The minimum atomic E-state index is 1.24. The third-order valence-corrected chi connectivity index (χ3v) is 2.10. The molecular formula is C12H14. The molecule has 0 heterocycles. The first-order valence-electron chi connectivity index (χ1n) is 4.11. The third-order valence-electron chi connectivity index (χ3n) is 2.10. The van der Waals surface area contributed by atoms with Gasteiger partial charge in [-0.25, -0.2) is 0 Å². The third kappa shape index (κ3) is 1.85. The Balaban J connectivity index is 3.08. The fraction of sp³-hybridized carbons (Fsp3) is 0.167. The highest BCUT2D eigenvalue weighted by Gasteiger charge is 1.95. The van der Waals surface area contributed by atoms with Crippen molar-refractivity contribution in [1.82, 2.24) is 0 Å². The summed E-state index contributed by atoms with van der Waals surface area (Å²) in [5, 5.41) is 0. The maximum atomic E-state index is 3.75. The Kier molecular flexibility index (Phi) is 2.87. The van der Waals surface area contributed by atoms with Gasteiger partial charge in [-0.1, -0.05) is 43.0 Å². The molecule has 62 valence electrons. The second kappa shape index (κ2) is 3.91. The van der Waals surface area contributed by atoms with Gasteiger partial charge in [-0.2, -0.15) is 0 Å². The van der Waals surface area contributed by atoms with Crippen LogP contribution in [-0.4, -0.2) is 0 Å². The number of allylic oxidation sites excluding steroid dienone is 3. The lowest BCUT2D eigenvalue weighted by Crippen LogP contribution is -1.81. The van der Waals surface area contributed by atoms with Crippen molar-refractivity contribution >= 4 is 5.57 Å². The van der Waals surface area contributed by atoms with Crippen LogP contribution in [0.3, 0.4) is 0 Å². The van der Waals surface area contributed by atoms with Gasteiger partial charge in [0.05, 0.1) is 0 Å². The Bertz CT molecular complexity index is 291. The largest absolute Gasteiger partial charge is 0.0988 e. The van der Waals surface area contributed by atoms with Crippen LogP contribution >= 0.6 is 0 Å². The van der Waals surface area contributed by atoms with Crippen molar-refractivity contribution in [1.29, 1.82) is 0 Å². The number of rotatable bonds is 2. The molecule has 1 rings (SSSR count). The smallest absolute Gasteiger partial charge is 0.0225 e. The van der Waals surface area contributed by atoms with Crippen molar-refractivity contribution in [2.45, 2.75) is 13.8 Å². The van der Waals surface area contributed by atoms with Crippen molar-refractivity contribution < 1.29 is 0 Å². The van der Waals surface area contributed by atoms with E-state index < -0.39 is 0 Å². The molecule has 0 heteroatoms. The van der Waals surface area contributed by atoms with Crippen molar-refractivity contribution in [3.8, 4) is 0 Å². The molecule has 1 aromatic carbocycles. The van der Waals surface area contributed by atoms with Gasteiger partial charge in [-0.05, 0) is 30.6 Å². The normalized spacial score (nSPS) is 12.2. The molecule has 1 aromatic rings. The zero-order valence-electron chi connectivity index (χ0n) is 7.67. The fourth-order valence-corrected chi connectivity index (χ4v) is 1.07. The molecular weight excluding hydrogens is 144 g/mol. The molecule has 0 aliphatic heterocycles. The number of hydrogen-bond acceptors (Lipinski definition) is 0. The molecule has 0 spiro atoms. The van der Waals surface area contributed by atoms with Crippen LogP contribution in [0.1, 0.15) is 19.4 Å². The highest BCUT2D eigenvalue weighted by atomic mass is 14.0. The SMILES string of the molecule is C=CC(C)=C(C)c1ccccc1. The summed E-state index contributed by atoms with van der Waals surface area (Å²) in [6.07, 6.45) is 1.89. The molecule has 12 heavy (non-hydrogen) atoms. The molecule has 0 aliphatic carbocycles. The topological polar surface area (TPSA) is 0 Å². The molecule has 0 aromatic heterocycles. The summed E-state index contributed by atoms with van der Waals surface area (Å²) in [5.41, 5.74) is 3.81. The Hall–Kier alpha value is -1.30. The van der Waals surface area contributed by atoms with Crippen molar-refractivity contribution in [3.63, 3.8) is 0 Å². The van der Waals surface area contributed by atoms with Crippen LogP contribution in [0.25, 0.3) is 5.57 Å². The number of hydrogen-bond donors (Lipinski definition) is 0. The summed E-state index contributed by atoms with van der Waals surface area (Å²) in [7, 11) is 0. The molecule has 0 saturated heterocycles. The van der Waals surface area contributed by atoms with E-state index in [0.29, 0.717) is 0 Å². The van der Waals surface area contributed by atoms with E-state index in [1.165, 1.54) is 16.7 Å². The van der Waals surface area contributed by atoms with Crippen LogP contribution in [0.4, 0.5) is 0 Å². The summed E-state index contributed by atoms with van der Waals surface area (Å²) < 4.78 is 0. The van der Waals surface area contributed by atoms with Crippen LogP contribution in [0, 0.1) is 0 Å². The predicted octanol–water partition coefficient (Wildman–Crippen LogP) is 3.67. The van der Waals surface area contributed by atoms with Gasteiger partial charge in [0, 0.05) is 0 Å². The van der Waals surface area contributed by atoms with E-state index in [2.05, 4.69) is 44.7 Å². The lowest BCUT2D eigenvalue weighted by molar-refractivity contribution is 1.46. The van der Waals surface area contributed by atoms with E-state index in [-0.39, 0.29) is 0 Å². The van der Waals surface area contributed by atoms with E-state index in [9.17, 15) is 0 Å². The standard InChI is InChI=1S/C12H14/c1-4-10(2)11(3)12-8-6-5-7-9-12/h4-9H,1H2,2-3H3. The van der Waals surface area contributed by atoms with Gasteiger partial charge in [0.1, 0.15) is 0 Å². The summed E-state index contributed by atoms with van der Waals surface area (Å²) in [5.74, 6) is 0. The van der Waals surface area contributed by atoms with Crippen molar-refractivity contribution in [3.05, 3.63) is 54.1 Å². The van der Waals surface area contributed by atoms with Gasteiger partial charge in [0.15, 0.2) is 0 Å². The maximum Gasteiger partial charge on any atom is -0.0225 e. The lowest BCUT2D eigenvalue weighted by Gasteiger charge is -2.03. The van der Waals surface area contributed by atoms with Gasteiger partial charge in [0.25, 0.3) is 0 Å². The molecule has 0 atom stereocenters. The molecule has 0 amide bonds. The minimum Gasteiger partial charge on any atom is -0.0988 e. The second-order valence-electron chi connectivity index (χ2n) is 2.88. The van der Waals surface area contributed by atoms with Crippen LogP contribution in [0.15, 0.2) is 48.6 Å². The highest BCUT2D eigenvalue weighted by molar-refractivity contribution is 5.68. The van der Waals surface area contributed by atoms with Gasteiger partial charge in [-0.15, -0.1) is 0 Å². The van der Waals surface area contributed by atoms with Crippen molar-refractivity contribution in [2.24, 2.45) is 0 Å². The molecule has 0 aliphatic rings. The summed E-state index contributed by atoms with van der Waals surface area (Å²) >= 11 is 0. The summed E-state index contributed by atoms with van der Waals surface area (Å²) in [6.45, 7) is 7.95. The summed E-state index contributed by atoms with van der Waals surface area (Å²) in [4.78, 5) is 0. The van der Waals surface area contributed by atoms with Gasteiger partial charge >= 0.3 is 0 Å². The first-order chi connectivity index (χ1) is 5.75. The van der Waals surface area contributed by atoms with E-state index in [1.54, 1.807) is 0 Å².